The van der Waals surface area contributed by atoms with Crippen LogP contribution in [0.1, 0.15) is 65.1 Å². The minimum absolute atomic E-state index is 0.00212. The van der Waals surface area contributed by atoms with Crippen LogP contribution < -0.4 is 10.3 Å². The molecule has 0 saturated heterocycles. The van der Waals surface area contributed by atoms with Crippen LogP contribution in [0.2, 0.25) is 18.1 Å². The van der Waals surface area contributed by atoms with E-state index in [-0.39, 0.29) is 10.4 Å². The molecule has 1 aromatic carbocycles. The van der Waals surface area contributed by atoms with E-state index in [1.807, 2.05) is 0 Å². The highest BCUT2D eigenvalue weighted by Gasteiger charge is 2.37. The number of halogens is 1. The number of rotatable bonds is 11. The lowest BCUT2D eigenvalue weighted by Gasteiger charge is -2.36. The van der Waals surface area contributed by atoms with E-state index in [4.69, 9.17) is 13.9 Å². The summed E-state index contributed by atoms with van der Waals surface area (Å²) >= 11 is 1.80. The Morgan fingerprint density at radius 3 is 2.50 bits per heavy atom. The zero-order valence-electron chi connectivity index (χ0n) is 22.3. The number of aromatic amines is 1. The van der Waals surface area contributed by atoms with Gasteiger partial charge >= 0.3 is 0 Å². The molecule has 1 aromatic heterocycles. The maximum Gasteiger partial charge on any atom is 0.261 e. The Bertz CT molecular complexity index is 1090. The molecule has 1 heterocycles. The average molecular weight is 537 g/mol. The van der Waals surface area contributed by atoms with Gasteiger partial charge in [-0.2, -0.15) is 11.8 Å². The number of ether oxygens (including phenoxy) is 2. The van der Waals surface area contributed by atoms with Gasteiger partial charge in [0.05, 0.1) is 37.2 Å². The molecule has 0 atom stereocenters. The van der Waals surface area contributed by atoms with Crippen LogP contribution in [-0.4, -0.2) is 49.5 Å². The second kappa shape index (κ2) is 11.5. The van der Waals surface area contributed by atoms with Crippen LogP contribution in [0, 0.1) is 11.7 Å². The monoisotopic (exact) mass is 536 g/mol. The number of nitrogens with zero attached hydrogens (tertiary/aromatic N) is 1. The van der Waals surface area contributed by atoms with E-state index >= 15 is 0 Å². The first-order valence-electron chi connectivity index (χ1n) is 13.2. The Hall–Kier alpha value is -1.42. The summed E-state index contributed by atoms with van der Waals surface area (Å²) in [5, 5.41) is 0.712. The van der Waals surface area contributed by atoms with Crippen LogP contribution in [0.5, 0.6) is 5.75 Å². The summed E-state index contributed by atoms with van der Waals surface area (Å²) in [5.41, 5.74) is -0.0731. The number of thioether (sulfide) groups is 1. The first-order valence-corrected chi connectivity index (χ1v) is 17.2. The van der Waals surface area contributed by atoms with Crippen molar-refractivity contribution in [2.45, 2.75) is 94.5 Å². The molecule has 0 amide bonds. The molecule has 1 N–H and O–H groups in total. The first-order chi connectivity index (χ1) is 17.0. The van der Waals surface area contributed by atoms with Crippen LogP contribution in [0.3, 0.4) is 0 Å². The van der Waals surface area contributed by atoms with Gasteiger partial charge in [-0.25, -0.2) is 9.37 Å². The zero-order valence-corrected chi connectivity index (χ0v) is 24.1. The predicted octanol–water partition coefficient (Wildman–Crippen LogP) is 6.43. The average Bonchev–Trinajstić information content (AvgIpc) is 3.63. The van der Waals surface area contributed by atoms with Gasteiger partial charge in [-0.1, -0.05) is 20.8 Å². The molecular formula is C27H41FN2O4SSi. The van der Waals surface area contributed by atoms with Crippen molar-refractivity contribution < 1.29 is 18.3 Å². The lowest BCUT2D eigenvalue weighted by Crippen LogP contribution is -2.41. The summed E-state index contributed by atoms with van der Waals surface area (Å²) in [7, 11) is -1.72. The predicted molar refractivity (Wildman–Crippen MR) is 147 cm³/mol. The van der Waals surface area contributed by atoms with E-state index in [9.17, 15) is 9.18 Å². The van der Waals surface area contributed by atoms with E-state index in [1.54, 1.807) is 17.8 Å². The Labute approximate surface area is 219 Å². The molecule has 2 aliphatic rings. The van der Waals surface area contributed by atoms with Crippen LogP contribution in [0.4, 0.5) is 4.39 Å². The molecule has 4 rings (SSSR count). The summed E-state index contributed by atoms with van der Waals surface area (Å²) in [6, 6.07) is 2.97. The molecule has 2 saturated carbocycles. The summed E-state index contributed by atoms with van der Waals surface area (Å²) in [6.07, 6.45) is 6.83. The van der Waals surface area contributed by atoms with Gasteiger partial charge in [0.15, 0.2) is 8.32 Å². The van der Waals surface area contributed by atoms with E-state index in [2.05, 4.69) is 43.8 Å². The highest BCUT2D eigenvalue weighted by molar-refractivity contribution is 7.99. The standard InChI is InChI=1S/C27H41FN2O4SSi/c1-27(2,3)36(4,5)34-13-12-32-19-8-10-21(11-9-19)35-17-24-29-23-15-20(33-16-18-6-7-18)14-22(28)25(23)26(31)30-24/h14-15,18-19,21H,6-13,16-17H2,1-5H3,(H,29,30,31). The number of aromatic nitrogens is 2. The van der Waals surface area contributed by atoms with Crippen molar-refractivity contribution in [2.75, 3.05) is 19.8 Å². The first kappa shape index (κ1) is 27.6. The molecule has 0 radical (unpaired) electrons. The van der Waals surface area contributed by atoms with Gasteiger partial charge in [0.25, 0.3) is 5.56 Å². The maximum absolute atomic E-state index is 14.6. The Kier molecular flexibility index (Phi) is 8.85. The van der Waals surface area contributed by atoms with Crippen LogP contribution in [0.15, 0.2) is 16.9 Å². The van der Waals surface area contributed by atoms with Crippen molar-refractivity contribution in [1.82, 2.24) is 9.97 Å². The van der Waals surface area contributed by atoms with Crippen molar-refractivity contribution in [3.8, 4) is 5.75 Å². The molecule has 200 valence electrons. The van der Waals surface area contributed by atoms with Crippen molar-refractivity contribution >= 4 is 31.0 Å². The number of hydrogen-bond acceptors (Lipinski definition) is 6. The summed E-state index contributed by atoms with van der Waals surface area (Å²) in [6.45, 7) is 13.2. The van der Waals surface area contributed by atoms with Crippen molar-refractivity contribution in [1.29, 1.82) is 0 Å². The van der Waals surface area contributed by atoms with E-state index in [0.717, 1.165) is 38.5 Å². The lowest BCUT2D eigenvalue weighted by atomic mass is 9.97. The second-order valence-electron chi connectivity index (χ2n) is 11.8. The van der Waals surface area contributed by atoms with Gasteiger partial charge in [0.2, 0.25) is 0 Å². The molecule has 0 unspecified atom stereocenters. The number of H-pyrrole nitrogens is 1. The van der Waals surface area contributed by atoms with Gasteiger partial charge in [-0.3, -0.25) is 4.79 Å². The minimum Gasteiger partial charge on any atom is -0.493 e. The van der Waals surface area contributed by atoms with E-state index in [1.165, 1.54) is 6.07 Å². The third-order valence-electron chi connectivity index (χ3n) is 7.75. The molecule has 0 spiro atoms. The third kappa shape index (κ3) is 7.33. The van der Waals surface area contributed by atoms with Gasteiger partial charge < -0.3 is 18.9 Å². The number of fused-ring (bicyclic) bond motifs is 1. The van der Waals surface area contributed by atoms with E-state index < -0.39 is 19.7 Å². The van der Waals surface area contributed by atoms with Gasteiger partial charge in [-0.15, -0.1) is 0 Å². The number of benzene rings is 1. The van der Waals surface area contributed by atoms with Crippen molar-refractivity contribution in [3.63, 3.8) is 0 Å². The normalized spacial score (nSPS) is 21.2. The molecule has 0 bridgehead atoms. The maximum atomic E-state index is 14.6. The second-order valence-corrected chi connectivity index (χ2v) is 17.9. The summed E-state index contributed by atoms with van der Waals surface area (Å²) in [4.78, 5) is 19.9. The highest BCUT2D eigenvalue weighted by Crippen LogP contribution is 2.37. The summed E-state index contributed by atoms with van der Waals surface area (Å²) in [5.74, 6) is 1.60. The van der Waals surface area contributed by atoms with Crippen LogP contribution >= 0.6 is 11.8 Å². The third-order valence-corrected chi connectivity index (χ3v) is 13.7. The van der Waals surface area contributed by atoms with Crippen LogP contribution in [0.25, 0.3) is 10.9 Å². The fourth-order valence-electron chi connectivity index (χ4n) is 4.19. The molecule has 6 nitrogen and oxygen atoms in total. The smallest absolute Gasteiger partial charge is 0.261 e. The largest absolute Gasteiger partial charge is 0.493 e. The number of hydrogen-bond donors (Lipinski definition) is 1. The minimum atomic E-state index is -1.72. The fourth-order valence-corrected chi connectivity index (χ4v) is 6.35. The molecule has 9 heteroatoms. The lowest BCUT2D eigenvalue weighted by molar-refractivity contribution is 0.0117. The molecule has 2 aliphatic carbocycles. The van der Waals surface area contributed by atoms with Crippen molar-refractivity contribution in [2.24, 2.45) is 5.92 Å². The molecule has 0 aliphatic heterocycles. The Morgan fingerprint density at radius 1 is 1.11 bits per heavy atom. The van der Waals surface area contributed by atoms with Gasteiger partial charge in [-0.05, 0) is 62.6 Å². The van der Waals surface area contributed by atoms with Crippen molar-refractivity contribution in [3.05, 3.63) is 34.1 Å². The Morgan fingerprint density at radius 2 is 1.83 bits per heavy atom. The van der Waals surface area contributed by atoms with Crippen LogP contribution in [-0.2, 0) is 14.9 Å². The summed E-state index contributed by atoms with van der Waals surface area (Å²) < 4.78 is 32.6. The van der Waals surface area contributed by atoms with Gasteiger partial charge in [0, 0.05) is 17.4 Å². The zero-order chi connectivity index (χ0) is 25.9. The molecule has 36 heavy (non-hydrogen) atoms. The molecular weight excluding hydrogens is 495 g/mol. The fraction of sp³-hybridized carbons (Fsp3) is 0.704. The Balaban J connectivity index is 1.23. The molecule has 2 aromatic rings. The quantitative estimate of drug-likeness (QED) is 0.263. The van der Waals surface area contributed by atoms with Gasteiger partial charge in [0.1, 0.15) is 22.8 Å². The van der Waals surface area contributed by atoms with E-state index in [0.29, 0.717) is 59.9 Å². The topological polar surface area (TPSA) is 73.4 Å². The molecule has 2 fully saturated rings. The SMILES string of the molecule is CC(C)(C)[Si](C)(C)OCCOC1CCC(SCc2nc3cc(OCC4CC4)cc(F)c3c(=O)[nH]2)CC1. The number of nitrogens with one attached hydrogen (secondary N) is 1. The highest BCUT2D eigenvalue weighted by atomic mass is 32.2.